The number of hydrogen-bond donors (Lipinski definition) is 1. The second-order valence-electron chi connectivity index (χ2n) is 8.02. The number of anilines is 1. The quantitative estimate of drug-likeness (QED) is 0.348. The Morgan fingerprint density at radius 2 is 1.85 bits per heavy atom. The van der Waals surface area contributed by atoms with Gasteiger partial charge in [0.2, 0.25) is 0 Å². The van der Waals surface area contributed by atoms with Gasteiger partial charge in [0.15, 0.2) is 0 Å². The Hall–Kier alpha value is -3.58. The van der Waals surface area contributed by atoms with E-state index in [1.54, 1.807) is 7.11 Å². The standard InChI is InChI=1S/C26H28ClN5O2/c1-17-13-20(32(3)31-17)16-34-21-8-5-7-19(14-21)11-12-28-25-15-23(29-18(2)30-25)22-9-6-10-24(33-4)26(22)27/h5-10,13-15H,11-12,16H2,1-4H3,(H,28,29,30). The molecule has 0 radical (unpaired) electrons. The first-order valence-corrected chi connectivity index (χ1v) is 11.4. The van der Waals surface area contributed by atoms with Crippen molar-refractivity contribution in [2.45, 2.75) is 26.9 Å². The minimum Gasteiger partial charge on any atom is -0.495 e. The highest BCUT2D eigenvalue weighted by Gasteiger charge is 2.12. The van der Waals surface area contributed by atoms with Gasteiger partial charge in [-0.1, -0.05) is 35.9 Å². The average molecular weight is 478 g/mol. The van der Waals surface area contributed by atoms with Crippen LogP contribution in [0.2, 0.25) is 5.02 Å². The SMILES string of the molecule is COc1cccc(-c2cc(NCCc3cccc(OCc4cc(C)nn4C)c3)nc(C)n2)c1Cl. The zero-order valence-corrected chi connectivity index (χ0v) is 20.6. The summed E-state index contributed by atoms with van der Waals surface area (Å²) in [5.41, 5.74) is 4.75. The maximum absolute atomic E-state index is 6.50. The molecule has 1 N–H and O–H groups in total. The van der Waals surface area contributed by atoms with E-state index in [0.717, 1.165) is 40.6 Å². The van der Waals surface area contributed by atoms with E-state index in [4.69, 9.17) is 21.1 Å². The first-order chi connectivity index (χ1) is 16.4. The lowest BCUT2D eigenvalue weighted by Crippen LogP contribution is -2.08. The van der Waals surface area contributed by atoms with Gasteiger partial charge in [-0.25, -0.2) is 9.97 Å². The fraction of sp³-hybridized carbons (Fsp3) is 0.269. The smallest absolute Gasteiger partial charge is 0.138 e. The van der Waals surface area contributed by atoms with Gasteiger partial charge in [0.25, 0.3) is 0 Å². The summed E-state index contributed by atoms with van der Waals surface area (Å²) in [6, 6.07) is 17.7. The Bertz CT molecular complexity index is 1290. The van der Waals surface area contributed by atoms with Gasteiger partial charge in [-0.3, -0.25) is 4.68 Å². The Morgan fingerprint density at radius 3 is 2.62 bits per heavy atom. The fourth-order valence-electron chi connectivity index (χ4n) is 3.74. The number of aromatic nitrogens is 4. The van der Waals surface area contributed by atoms with Crippen LogP contribution in [0.1, 0.15) is 22.8 Å². The first-order valence-electron chi connectivity index (χ1n) is 11.1. The van der Waals surface area contributed by atoms with Crippen molar-refractivity contribution in [1.29, 1.82) is 0 Å². The fourth-order valence-corrected chi connectivity index (χ4v) is 4.04. The number of nitrogens with zero attached hydrogens (tertiary/aromatic N) is 4. The number of benzene rings is 2. The van der Waals surface area contributed by atoms with E-state index in [2.05, 4.69) is 32.5 Å². The van der Waals surface area contributed by atoms with Crippen molar-refractivity contribution in [1.82, 2.24) is 19.7 Å². The molecule has 176 valence electrons. The van der Waals surface area contributed by atoms with Crippen LogP contribution in [0, 0.1) is 13.8 Å². The van der Waals surface area contributed by atoms with Gasteiger partial charge >= 0.3 is 0 Å². The minimum absolute atomic E-state index is 0.481. The maximum atomic E-state index is 6.50. The lowest BCUT2D eigenvalue weighted by molar-refractivity contribution is 0.294. The molecule has 0 amide bonds. The Morgan fingerprint density at radius 1 is 1.03 bits per heavy atom. The summed E-state index contributed by atoms with van der Waals surface area (Å²) in [7, 11) is 3.53. The number of ether oxygens (including phenoxy) is 2. The van der Waals surface area contributed by atoms with E-state index in [1.807, 2.05) is 68.0 Å². The van der Waals surface area contributed by atoms with Gasteiger partial charge in [0, 0.05) is 25.2 Å². The van der Waals surface area contributed by atoms with E-state index in [-0.39, 0.29) is 0 Å². The van der Waals surface area contributed by atoms with E-state index >= 15 is 0 Å². The molecule has 7 nitrogen and oxygen atoms in total. The molecule has 2 aromatic heterocycles. The van der Waals surface area contributed by atoms with Gasteiger partial charge < -0.3 is 14.8 Å². The highest BCUT2D eigenvalue weighted by Crippen LogP contribution is 2.34. The van der Waals surface area contributed by atoms with E-state index < -0.39 is 0 Å². The van der Waals surface area contributed by atoms with Crippen molar-refractivity contribution in [3.05, 3.63) is 82.4 Å². The molecular weight excluding hydrogens is 450 g/mol. The number of rotatable bonds is 9. The van der Waals surface area contributed by atoms with Crippen LogP contribution in [-0.4, -0.2) is 33.4 Å². The lowest BCUT2D eigenvalue weighted by Gasteiger charge is -2.12. The maximum Gasteiger partial charge on any atom is 0.138 e. The van der Waals surface area contributed by atoms with Gasteiger partial charge in [0.1, 0.15) is 29.7 Å². The van der Waals surface area contributed by atoms with Gasteiger partial charge in [0.05, 0.1) is 29.2 Å². The van der Waals surface area contributed by atoms with Crippen molar-refractivity contribution < 1.29 is 9.47 Å². The predicted molar refractivity (Wildman–Crippen MR) is 135 cm³/mol. The van der Waals surface area contributed by atoms with Crippen LogP contribution in [0.15, 0.2) is 54.6 Å². The molecule has 2 aromatic carbocycles. The number of nitrogens with one attached hydrogen (secondary N) is 1. The van der Waals surface area contributed by atoms with Crippen molar-refractivity contribution in [2.24, 2.45) is 7.05 Å². The third-order valence-electron chi connectivity index (χ3n) is 5.40. The van der Waals surface area contributed by atoms with Gasteiger partial charge in [-0.2, -0.15) is 5.10 Å². The molecule has 4 aromatic rings. The monoisotopic (exact) mass is 477 g/mol. The van der Waals surface area contributed by atoms with Crippen LogP contribution in [0.25, 0.3) is 11.3 Å². The highest BCUT2D eigenvalue weighted by atomic mass is 35.5. The average Bonchev–Trinajstić information content (AvgIpc) is 3.14. The summed E-state index contributed by atoms with van der Waals surface area (Å²) in [4.78, 5) is 9.08. The van der Waals surface area contributed by atoms with E-state index in [0.29, 0.717) is 29.7 Å². The van der Waals surface area contributed by atoms with Gasteiger partial charge in [-0.05, 0) is 50.1 Å². The zero-order valence-electron chi connectivity index (χ0n) is 19.8. The van der Waals surface area contributed by atoms with Crippen molar-refractivity contribution in [3.63, 3.8) is 0 Å². The molecule has 8 heteroatoms. The van der Waals surface area contributed by atoms with Crippen molar-refractivity contribution >= 4 is 17.4 Å². The van der Waals surface area contributed by atoms with Crippen LogP contribution in [0.4, 0.5) is 5.82 Å². The zero-order chi connectivity index (χ0) is 24.1. The lowest BCUT2D eigenvalue weighted by atomic mass is 10.1. The molecule has 0 atom stereocenters. The third kappa shape index (κ3) is 5.66. The third-order valence-corrected chi connectivity index (χ3v) is 5.79. The van der Waals surface area contributed by atoms with Crippen LogP contribution >= 0.6 is 11.6 Å². The molecule has 0 aliphatic carbocycles. The largest absolute Gasteiger partial charge is 0.495 e. The molecule has 0 aliphatic heterocycles. The van der Waals surface area contributed by atoms with Gasteiger partial charge in [-0.15, -0.1) is 0 Å². The van der Waals surface area contributed by atoms with Crippen LogP contribution in [-0.2, 0) is 20.1 Å². The van der Waals surface area contributed by atoms with Crippen LogP contribution in [0.5, 0.6) is 11.5 Å². The summed E-state index contributed by atoms with van der Waals surface area (Å²) in [5.74, 6) is 2.87. The molecular formula is C26H28ClN5O2. The molecule has 4 rings (SSSR count). The highest BCUT2D eigenvalue weighted by molar-refractivity contribution is 6.34. The summed E-state index contributed by atoms with van der Waals surface area (Å²) < 4.78 is 13.2. The summed E-state index contributed by atoms with van der Waals surface area (Å²) in [5, 5.41) is 8.30. The Balaban J connectivity index is 1.39. The van der Waals surface area contributed by atoms with E-state index in [9.17, 15) is 0 Å². The number of aryl methyl sites for hydroxylation is 3. The molecule has 0 spiro atoms. The predicted octanol–water partition coefficient (Wildman–Crippen LogP) is 5.39. The summed E-state index contributed by atoms with van der Waals surface area (Å²) in [6.07, 6.45) is 0.820. The Labute approximate surface area is 204 Å². The first kappa shape index (κ1) is 23.6. The van der Waals surface area contributed by atoms with Crippen LogP contribution in [0.3, 0.4) is 0 Å². The van der Waals surface area contributed by atoms with Crippen molar-refractivity contribution in [2.75, 3.05) is 19.0 Å². The molecule has 0 fully saturated rings. The number of halogens is 1. The molecule has 0 aliphatic rings. The van der Waals surface area contributed by atoms with E-state index in [1.165, 1.54) is 5.56 Å². The molecule has 0 bridgehead atoms. The normalized spacial score (nSPS) is 10.9. The van der Waals surface area contributed by atoms with Crippen molar-refractivity contribution in [3.8, 4) is 22.8 Å². The molecule has 2 heterocycles. The number of hydrogen-bond acceptors (Lipinski definition) is 6. The molecule has 34 heavy (non-hydrogen) atoms. The van der Waals surface area contributed by atoms with Crippen LogP contribution < -0.4 is 14.8 Å². The number of methoxy groups -OCH3 is 1. The molecule has 0 unspecified atom stereocenters. The molecule has 0 saturated carbocycles. The minimum atomic E-state index is 0.481. The molecule has 0 saturated heterocycles. The summed E-state index contributed by atoms with van der Waals surface area (Å²) in [6.45, 7) is 5.04. The Kier molecular flexibility index (Phi) is 7.33. The second kappa shape index (κ2) is 10.6. The topological polar surface area (TPSA) is 74.1 Å². The second-order valence-corrected chi connectivity index (χ2v) is 8.40. The summed E-state index contributed by atoms with van der Waals surface area (Å²) >= 11 is 6.50.